The second kappa shape index (κ2) is 5.23. The lowest BCUT2D eigenvalue weighted by molar-refractivity contribution is -0.0293. The van der Waals surface area contributed by atoms with E-state index in [1.54, 1.807) is 43.3 Å². The van der Waals surface area contributed by atoms with Crippen LogP contribution in [0.3, 0.4) is 0 Å². The van der Waals surface area contributed by atoms with Crippen molar-refractivity contribution in [2.45, 2.75) is 19.3 Å². The Hall–Kier alpha value is -2.74. The molecule has 0 N–H and O–H groups in total. The van der Waals surface area contributed by atoms with Crippen LogP contribution in [0.5, 0.6) is 0 Å². The number of para-hydroxylation sites is 2. The van der Waals surface area contributed by atoms with Gasteiger partial charge in [-0.25, -0.2) is 4.98 Å². The van der Waals surface area contributed by atoms with E-state index < -0.39 is 18.2 Å². The highest BCUT2D eigenvalue weighted by Gasteiger charge is 2.37. The number of oxazole rings is 1. The molecule has 0 spiro atoms. The first-order chi connectivity index (χ1) is 10.5. The van der Waals surface area contributed by atoms with Crippen molar-refractivity contribution in [1.82, 2.24) is 4.98 Å². The topological polar surface area (TPSA) is 49.8 Å². The van der Waals surface area contributed by atoms with E-state index in [0.717, 1.165) is 0 Å². The van der Waals surface area contributed by atoms with Gasteiger partial charge in [-0.15, -0.1) is 0 Å². The lowest BCUT2D eigenvalue weighted by atomic mass is 10.0. The van der Waals surface area contributed by atoms with E-state index >= 15 is 0 Å². The van der Waals surface area contributed by atoms with Gasteiger partial charge >= 0.3 is 5.92 Å². The van der Waals surface area contributed by atoms with E-state index in [0.29, 0.717) is 27.8 Å². The van der Waals surface area contributed by atoms with E-state index in [9.17, 15) is 8.78 Å². The number of nitriles is 1. The quantitative estimate of drug-likeness (QED) is 0.722. The summed E-state index contributed by atoms with van der Waals surface area (Å²) < 4.78 is 33.9. The molecule has 1 aromatic heterocycles. The molecule has 3 aromatic rings. The standard InChI is InChI=1S/C17H12F2N2O/c1-11-8-12(6-7-13(11)10-20)9-17(18,19)16-21-14-4-2-3-5-15(14)22-16/h2-8H,9H2,1H3. The molecule has 3 rings (SSSR count). The molecule has 2 aromatic carbocycles. The second-order valence-electron chi connectivity index (χ2n) is 5.13. The first kappa shape index (κ1) is 14.2. The van der Waals surface area contributed by atoms with Crippen LogP contribution in [0.2, 0.25) is 0 Å². The van der Waals surface area contributed by atoms with Gasteiger partial charge < -0.3 is 4.42 Å². The summed E-state index contributed by atoms with van der Waals surface area (Å²) in [6.07, 6.45) is -0.521. The Labute approximate surface area is 125 Å². The summed E-state index contributed by atoms with van der Waals surface area (Å²) >= 11 is 0. The summed E-state index contributed by atoms with van der Waals surface area (Å²) in [5, 5.41) is 8.88. The smallest absolute Gasteiger partial charge is 0.326 e. The van der Waals surface area contributed by atoms with Gasteiger partial charge in [-0.1, -0.05) is 24.3 Å². The molecule has 22 heavy (non-hydrogen) atoms. The molecule has 1 heterocycles. The van der Waals surface area contributed by atoms with Crippen molar-refractivity contribution < 1.29 is 13.2 Å². The number of hydrogen-bond acceptors (Lipinski definition) is 3. The van der Waals surface area contributed by atoms with Crippen LogP contribution < -0.4 is 0 Å². The van der Waals surface area contributed by atoms with Gasteiger partial charge in [0.05, 0.1) is 11.6 Å². The van der Waals surface area contributed by atoms with E-state index in [-0.39, 0.29) is 0 Å². The van der Waals surface area contributed by atoms with Crippen LogP contribution in [0.25, 0.3) is 11.1 Å². The van der Waals surface area contributed by atoms with Gasteiger partial charge in [0, 0.05) is 6.42 Å². The van der Waals surface area contributed by atoms with E-state index in [4.69, 9.17) is 9.68 Å². The highest BCUT2D eigenvalue weighted by molar-refractivity contribution is 5.72. The molecule has 0 bridgehead atoms. The molecule has 0 radical (unpaired) electrons. The van der Waals surface area contributed by atoms with E-state index in [1.807, 2.05) is 6.07 Å². The zero-order chi connectivity index (χ0) is 15.7. The molecule has 0 fully saturated rings. The fourth-order valence-corrected chi connectivity index (χ4v) is 2.32. The van der Waals surface area contributed by atoms with Crippen LogP contribution in [0.4, 0.5) is 8.78 Å². The molecular weight excluding hydrogens is 286 g/mol. The zero-order valence-corrected chi connectivity index (χ0v) is 11.8. The summed E-state index contributed by atoms with van der Waals surface area (Å²) in [4.78, 5) is 3.87. The maximum Gasteiger partial charge on any atom is 0.326 e. The lowest BCUT2D eigenvalue weighted by Crippen LogP contribution is -2.17. The average Bonchev–Trinajstić information content (AvgIpc) is 2.92. The van der Waals surface area contributed by atoms with Crippen molar-refractivity contribution in [1.29, 1.82) is 5.26 Å². The minimum atomic E-state index is -3.21. The molecule has 0 aliphatic heterocycles. The number of alkyl halides is 2. The molecule has 0 saturated carbocycles. The predicted octanol–water partition coefficient (Wildman–Crippen LogP) is 4.34. The van der Waals surface area contributed by atoms with E-state index in [2.05, 4.69) is 4.98 Å². The number of aromatic nitrogens is 1. The van der Waals surface area contributed by atoms with Crippen LogP contribution in [0.15, 0.2) is 46.9 Å². The molecular formula is C17H12F2N2O. The van der Waals surface area contributed by atoms with Crippen LogP contribution in [-0.2, 0) is 12.3 Å². The van der Waals surface area contributed by atoms with Crippen molar-refractivity contribution in [3.8, 4) is 6.07 Å². The minimum Gasteiger partial charge on any atom is -0.435 e. The summed E-state index contributed by atoms with van der Waals surface area (Å²) in [5.41, 5.74) is 2.34. The highest BCUT2D eigenvalue weighted by Crippen LogP contribution is 2.33. The van der Waals surface area contributed by atoms with Crippen molar-refractivity contribution in [3.05, 3.63) is 65.0 Å². The molecule has 0 amide bonds. The molecule has 0 saturated heterocycles. The average molecular weight is 298 g/mol. The maximum atomic E-state index is 14.4. The van der Waals surface area contributed by atoms with Gasteiger partial charge in [-0.3, -0.25) is 0 Å². The zero-order valence-electron chi connectivity index (χ0n) is 11.8. The molecule has 0 aliphatic carbocycles. The Bertz CT molecular complexity index is 845. The van der Waals surface area contributed by atoms with Gasteiger partial charge in [0.15, 0.2) is 5.58 Å². The number of aryl methyl sites for hydroxylation is 1. The Balaban J connectivity index is 1.92. The molecule has 0 unspecified atom stereocenters. The molecule has 110 valence electrons. The Morgan fingerprint density at radius 2 is 2.00 bits per heavy atom. The van der Waals surface area contributed by atoms with Crippen LogP contribution in [0, 0.1) is 18.3 Å². The molecule has 3 nitrogen and oxygen atoms in total. The maximum absolute atomic E-state index is 14.4. The van der Waals surface area contributed by atoms with E-state index in [1.165, 1.54) is 6.07 Å². The third kappa shape index (κ3) is 2.56. The number of halogens is 2. The largest absolute Gasteiger partial charge is 0.435 e. The van der Waals surface area contributed by atoms with Gasteiger partial charge in [-0.05, 0) is 36.2 Å². The summed E-state index contributed by atoms with van der Waals surface area (Å²) in [6.45, 7) is 1.72. The Morgan fingerprint density at radius 1 is 1.23 bits per heavy atom. The third-order valence-electron chi connectivity index (χ3n) is 3.44. The summed E-state index contributed by atoms with van der Waals surface area (Å²) in [5.74, 6) is -3.80. The summed E-state index contributed by atoms with van der Waals surface area (Å²) in [6, 6.07) is 13.3. The first-order valence-corrected chi connectivity index (χ1v) is 6.73. The molecule has 0 aliphatic rings. The normalized spacial score (nSPS) is 11.5. The number of benzene rings is 2. The number of hydrogen-bond donors (Lipinski definition) is 0. The van der Waals surface area contributed by atoms with Crippen molar-refractivity contribution in [2.75, 3.05) is 0 Å². The molecule has 0 atom stereocenters. The lowest BCUT2D eigenvalue weighted by Gasteiger charge is -2.13. The monoisotopic (exact) mass is 298 g/mol. The first-order valence-electron chi connectivity index (χ1n) is 6.73. The van der Waals surface area contributed by atoms with Crippen LogP contribution >= 0.6 is 0 Å². The minimum absolute atomic E-state index is 0.341. The van der Waals surface area contributed by atoms with Crippen LogP contribution in [-0.4, -0.2) is 4.98 Å². The van der Waals surface area contributed by atoms with Gasteiger partial charge in [0.1, 0.15) is 5.52 Å². The predicted molar refractivity (Wildman–Crippen MR) is 77.5 cm³/mol. The fourth-order valence-electron chi connectivity index (χ4n) is 2.32. The van der Waals surface area contributed by atoms with Gasteiger partial charge in [-0.2, -0.15) is 14.0 Å². The number of nitrogens with zero attached hydrogens (tertiary/aromatic N) is 2. The van der Waals surface area contributed by atoms with Crippen molar-refractivity contribution in [3.63, 3.8) is 0 Å². The van der Waals surface area contributed by atoms with Crippen LogP contribution in [0.1, 0.15) is 22.6 Å². The van der Waals surface area contributed by atoms with Crippen molar-refractivity contribution >= 4 is 11.1 Å². The second-order valence-corrected chi connectivity index (χ2v) is 5.13. The molecule has 5 heteroatoms. The third-order valence-corrected chi connectivity index (χ3v) is 3.44. The number of rotatable bonds is 3. The Morgan fingerprint density at radius 3 is 2.68 bits per heavy atom. The Kier molecular flexibility index (Phi) is 3.38. The highest BCUT2D eigenvalue weighted by atomic mass is 19.3. The van der Waals surface area contributed by atoms with Gasteiger partial charge in [0.25, 0.3) is 5.89 Å². The number of fused-ring (bicyclic) bond motifs is 1. The SMILES string of the molecule is Cc1cc(CC(F)(F)c2nc3ccccc3o2)ccc1C#N. The summed E-state index contributed by atoms with van der Waals surface area (Å²) in [7, 11) is 0. The fraction of sp³-hybridized carbons (Fsp3) is 0.176. The van der Waals surface area contributed by atoms with Gasteiger partial charge in [0.2, 0.25) is 0 Å². The van der Waals surface area contributed by atoms with Crippen molar-refractivity contribution in [2.24, 2.45) is 0 Å².